The Morgan fingerprint density at radius 3 is 2.59 bits per heavy atom. The quantitative estimate of drug-likeness (QED) is 0.645. The maximum absolute atomic E-state index is 13.0. The summed E-state index contributed by atoms with van der Waals surface area (Å²) in [5, 5.41) is 4.50. The van der Waals surface area contributed by atoms with Crippen LogP contribution in [-0.4, -0.2) is 34.8 Å². The smallest absolute Gasteiger partial charge is 0.266 e. The van der Waals surface area contributed by atoms with Crippen molar-refractivity contribution in [2.75, 3.05) is 18.4 Å². The van der Waals surface area contributed by atoms with Gasteiger partial charge in [-0.15, -0.1) is 11.3 Å². The van der Waals surface area contributed by atoms with Crippen molar-refractivity contribution in [2.24, 2.45) is 0 Å². The lowest BCUT2D eigenvalue weighted by molar-refractivity contribution is -0.116. The molecule has 0 spiro atoms. The predicted molar refractivity (Wildman–Crippen MR) is 112 cm³/mol. The van der Waals surface area contributed by atoms with Crippen LogP contribution in [0.15, 0.2) is 18.2 Å². The number of benzene rings is 1. The summed E-state index contributed by atoms with van der Waals surface area (Å²) in [5.74, 6) is -0.249. The molecule has 0 aliphatic rings. The topological polar surface area (TPSA) is 62.3 Å². The van der Waals surface area contributed by atoms with E-state index in [-0.39, 0.29) is 24.3 Å². The van der Waals surface area contributed by atoms with E-state index in [2.05, 4.69) is 10.3 Å². The van der Waals surface area contributed by atoms with E-state index in [1.807, 2.05) is 27.7 Å². The molecule has 0 fully saturated rings. The van der Waals surface area contributed by atoms with Crippen molar-refractivity contribution in [2.45, 2.75) is 40.0 Å². The fourth-order valence-corrected chi connectivity index (χ4v) is 3.86. The first-order chi connectivity index (χ1) is 12.7. The number of halogens is 2. The van der Waals surface area contributed by atoms with E-state index < -0.39 is 0 Å². The number of carbonyl (C=O) groups excluding carboxylic acids is 2. The van der Waals surface area contributed by atoms with E-state index in [4.69, 9.17) is 23.2 Å². The van der Waals surface area contributed by atoms with Crippen molar-refractivity contribution in [3.63, 3.8) is 0 Å². The van der Waals surface area contributed by atoms with Crippen molar-refractivity contribution in [3.8, 4) is 0 Å². The average molecular weight is 428 g/mol. The minimum Gasteiger partial charge on any atom is -0.329 e. The number of hydrogen-bond donors (Lipinski definition) is 1. The van der Waals surface area contributed by atoms with Crippen LogP contribution >= 0.6 is 34.5 Å². The second-order valence-corrected chi connectivity index (χ2v) is 8.39. The van der Waals surface area contributed by atoms with Gasteiger partial charge >= 0.3 is 0 Å². The zero-order valence-electron chi connectivity index (χ0n) is 15.8. The monoisotopic (exact) mass is 427 g/mol. The Labute approximate surface area is 173 Å². The Hall–Kier alpha value is -1.63. The van der Waals surface area contributed by atoms with Crippen LogP contribution in [0.4, 0.5) is 5.69 Å². The Balaban J connectivity index is 2.15. The van der Waals surface area contributed by atoms with Crippen molar-refractivity contribution in [3.05, 3.63) is 43.8 Å². The number of nitrogens with one attached hydrogen (secondary N) is 1. The number of rotatable bonds is 7. The van der Waals surface area contributed by atoms with Gasteiger partial charge in [0.05, 0.1) is 21.4 Å². The van der Waals surface area contributed by atoms with Gasteiger partial charge in [0.15, 0.2) is 0 Å². The molecule has 0 bridgehead atoms. The minimum atomic E-state index is -0.327. The fourth-order valence-electron chi connectivity index (χ4n) is 2.48. The number of anilines is 1. The molecule has 0 radical (unpaired) electrons. The highest BCUT2D eigenvalue weighted by atomic mass is 35.5. The maximum Gasteiger partial charge on any atom is 0.266 e. The first-order valence-corrected chi connectivity index (χ1v) is 10.3. The van der Waals surface area contributed by atoms with Gasteiger partial charge in [-0.1, -0.05) is 44.0 Å². The van der Waals surface area contributed by atoms with Crippen molar-refractivity contribution < 1.29 is 9.59 Å². The van der Waals surface area contributed by atoms with Gasteiger partial charge in [-0.25, -0.2) is 4.98 Å². The van der Waals surface area contributed by atoms with Gasteiger partial charge in [0.2, 0.25) is 5.91 Å². The molecule has 2 aromatic rings. The molecule has 0 saturated heterocycles. The summed E-state index contributed by atoms with van der Waals surface area (Å²) in [6.07, 6.45) is 0.742. The molecule has 0 aliphatic carbocycles. The standard InChI is InChI=1S/C19H23Cl2N3O2S/c1-5-8-24(19(26)17-12(4)22-18(27-17)11(2)3)10-16(25)23-15-9-13(20)6-7-14(15)21/h6-7,9,11H,5,8,10H2,1-4H3,(H,23,25). The highest BCUT2D eigenvalue weighted by molar-refractivity contribution is 7.13. The molecule has 27 heavy (non-hydrogen) atoms. The second-order valence-electron chi connectivity index (χ2n) is 6.52. The maximum atomic E-state index is 13.0. The Bertz CT molecular complexity index is 836. The Kier molecular flexibility index (Phi) is 7.65. The molecule has 0 atom stereocenters. The fraction of sp³-hybridized carbons (Fsp3) is 0.421. The van der Waals surface area contributed by atoms with Crippen molar-refractivity contribution >= 4 is 52.0 Å². The first-order valence-electron chi connectivity index (χ1n) is 8.74. The van der Waals surface area contributed by atoms with E-state index in [0.717, 1.165) is 11.4 Å². The summed E-state index contributed by atoms with van der Waals surface area (Å²) in [6, 6.07) is 4.84. The minimum absolute atomic E-state index is 0.0656. The largest absolute Gasteiger partial charge is 0.329 e. The van der Waals surface area contributed by atoms with Gasteiger partial charge in [0.25, 0.3) is 5.91 Å². The Morgan fingerprint density at radius 1 is 1.30 bits per heavy atom. The summed E-state index contributed by atoms with van der Waals surface area (Å²) in [7, 11) is 0. The summed E-state index contributed by atoms with van der Waals surface area (Å²) >= 11 is 13.4. The van der Waals surface area contributed by atoms with Gasteiger partial charge in [0.1, 0.15) is 11.4 Å². The van der Waals surface area contributed by atoms with Crippen LogP contribution in [0.2, 0.25) is 10.0 Å². The molecule has 1 aromatic heterocycles. The van der Waals surface area contributed by atoms with Crippen LogP contribution in [-0.2, 0) is 4.79 Å². The molecule has 146 valence electrons. The predicted octanol–water partition coefficient (Wildman–Crippen LogP) is 5.37. The summed E-state index contributed by atoms with van der Waals surface area (Å²) in [6.45, 7) is 8.28. The van der Waals surface area contributed by atoms with Crippen molar-refractivity contribution in [1.29, 1.82) is 0 Å². The number of thiazole rings is 1. The highest BCUT2D eigenvalue weighted by Crippen LogP contribution is 2.27. The number of nitrogens with zero attached hydrogens (tertiary/aromatic N) is 2. The van der Waals surface area contributed by atoms with Gasteiger partial charge in [-0.2, -0.15) is 0 Å². The molecule has 0 saturated carbocycles. The van der Waals surface area contributed by atoms with Gasteiger partial charge < -0.3 is 10.2 Å². The van der Waals surface area contributed by atoms with E-state index in [1.165, 1.54) is 11.3 Å². The summed E-state index contributed by atoms with van der Waals surface area (Å²) < 4.78 is 0. The summed E-state index contributed by atoms with van der Waals surface area (Å²) in [5.41, 5.74) is 1.13. The van der Waals surface area contributed by atoms with Crippen LogP contribution in [0.3, 0.4) is 0 Å². The molecule has 1 aromatic carbocycles. The molecule has 1 N–H and O–H groups in total. The highest BCUT2D eigenvalue weighted by Gasteiger charge is 2.24. The third kappa shape index (κ3) is 5.67. The zero-order chi connectivity index (χ0) is 20.1. The summed E-state index contributed by atoms with van der Waals surface area (Å²) in [4.78, 5) is 32.1. The van der Waals surface area contributed by atoms with Crippen molar-refractivity contribution in [1.82, 2.24) is 9.88 Å². The molecule has 8 heteroatoms. The first kappa shape index (κ1) is 21.7. The zero-order valence-corrected chi connectivity index (χ0v) is 18.1. The lowest BCUT2D eigenvalue weighted by atomic mass is 10.2. The number of aryl methyl sites for hydroxylation is 1. The average Bonchev–Trinajstić information content (AvgIpc) is 2.99. The lowest BCUT2D eigenvalue weighted by Crippen LogP contribution is -2.38. The molecular weight excluding hydrogens is 405 g/mol. The number of amides is 2. The number of hydrogen-bond acceptors (Lipinski definition) is 4. The lowest BCUT2D eigenvalue weighted by Gasteiger charge is -2.21. The van der Waals surface area contributed by atoms with E-state index in [1.54, 1.807) is 23.1 Å². The molecule has 2 amide bonds. The number of aromatic nitrogens is 1. The van der Waals surface area contributed by atoms with Crippen LogP contribution in [0.1, 0.15) is 53.5 Å². The van der Waals surface area contributed by atoms with Crippen LogP contribution in [0.5, 0.6) is 0 Å². The van der Waals surface area contributed by atoms with Gasteiger partial charge in [0, 0.05) is 17.5 Å². The van der Waals surface area contributed by atoms with Crippen LogP contribution < -0.4 is 5.32 Å². The number of carbonyl (C=O) groups is 2. The van der Waals surface area contributed by atoms with Crippen LogP contribution in [0, 0.1) is 6.92 Å². The van der Waals surface area contributed by atoms with E-state index in [9.17, 15) is 9.59 Å². The molecular formula is C19H23Cl2N3O2S. The molecule has 1 heterocycles. The second kappa shape index (κ2) is 9.53. The molecule has 2 rings (SSSR count). The Morgan fingerprint density at radius 2 is 2.00 bits per heavy atom. The van der Waals surface area contributed by atoms with E-state index in [0.29, 0.717) is 32.8 Å². The SMILES string of the molecule is CCCN(CC(=O)Nc1cc(Cl)ccc1Cl)C(=O)c1sc(C(C)C)nc1C. The van der Waals surface area contributed by atoms with Gasteiger partial charge in [-0.05, 0) is 31.5 Å². The molecule has 0 unspecified atom stereocenters. The van der Waals surface area contributed by atoms with E-state index >= 15 is 0 Å². The normalized spacial score (nSPS) is 10.9. The third-order valence-electron chi connectivity index (χ3n) is 3.82. The molecule has 0 aliphatic heterocycles. The molecule has 5 nitrogen and oxygen atoms in total. The third-order valence-corrected chi connectivity index (χ3v) is 5.83. The van der Waals surface area contributed by atoms with Gasteiger partial charge in [-0.3, -0.25) is 9.59 Å². The van der Waals surface area contributed by atoms with Crippen LogP contribution in [0.25, 0.3) is 0 Å².